The van der Waals surface area contributed by atoms with E-state index < -0.39 is 5.97 Å². The molecule has 0 fully saturated rings. The number of carbonyl (C=O) groups is 1. The minimum Gasteiger partial charge on any atom is -0.478 e. The molecule has 0 radical (unpaired) electrons. The Balaban J connectivity index is 2.08. The number of aromatic carboxylic acids is 1. The third kappa shape index (κ3) is 3.72. The summed E-state index contributed by atoms with van der Waals surface area (Å²) < 4.78 is 7.03. The van der Waals surface area contributed by atoms with Gasteiger partial charge in [-0.25, -0.2) is 9.59 Å². The number of carboxylic acids is 1. The van der Waals surface area contributed by atoms with Crippen LogP contribution in [0.3, 0.4) is 0 Å². The van der Waals surface area contributed by atoms with E-state index >= 15 is 0 Å². The Hall–Kier alpha value is -2.08. The van der Waals surface area contributed by atoms with Gasteiger partial charge in [-0.3, -0.25) is 4.57 Å². The van der Waals surface area contributed by atoms with Crippen molar-refractivity contribution in [1.82, 2.24) is 9.55 Å². The number of ether oxygens (including phenoxy) is 1. The summed E-state index contributed by atoms with van der Waals surface area (Å²) in [4.78, 5) is 25.6. The summed E-state index contributed by atoms with van der Waals surface area (Å²) in [6, 6.07) is 4.63. The Morgan fingerprint density at radius 1 is 1.33 bits per heavy atom. The maximum atomic E-state index is 11.9. The van der Waals surface area contributed by atoms with Crippen LogP contribution in [-0.4, -0.2) is 33.8 Å². The Labute approximate surface area is 122 Å². The number of unbranched alkanes of at least 4 members (excludes halogenated alkanes) is 1. The summed E-state index contributed by atoms with van der Waals surface area (Å²) in [5, 5.41) is 9.02. The van der Waals surface area contributed by atoms with Crippen LogP contribution in [-0.2, 0) is 11.3 Å². The third-order valence-corrected chi connectivity index (χ3v) is 3.33. The van der Waals surface area contributed by atoms with E-state index in [1.807, 2.05) is 0 Å². The first-order valence-electron chi connectivity index (χ1n) is 7.17. The van der Waals surface area contributed by atoms with Crippen LogP contribution in [0.4, 0.5) is 0 Å². The molecular weight excluding hydrogens is 272 g/mol. The van der Waals surface area contributed by atoms with Crippen molar-refractivity contribution in [2.24, 2.45) is 0 Å². The van der Waals surface area contributed by atoms with Crippen molar-refractivity contribution < 1.29 is 14.6 Å². The molecule has 0 aliphatic rings. The molecule has 1 aromatic heterocycles. The molecule has 0 amide bonds. The van der Waals surface area contributed by atoms with Gasteiger partial charge in [0.25, 0.3) is 0 Å². The maximum absolute atomic E-state index is 11.9. The molecule has 21 heavy (non-hydrogen) atoms. The fourth-order valence-corrected chi connectivity index (χ4v) is 2.18. The number of nitrogens with zero attached hydrogens (tertiary/aromatic N) is 1. The van der Waals surface area contributed by atoms with Gasteiger partial charge in [0.1, 0.15) is 0 Å². The zero-order valence-electron chi connectivity index (χ0n) is 12.1. The molecule has 0 aliphatic carbocycles. The number of aromatic amines is 1. The molecule has 2 N–H and O–H groups in total. The van der Waals surface area contributed by atoms with Gasteiger partial charge in [0, 0.05) is 19.8 Å². The lowest BCUT2D eigenvalue weighted by Crippen LogP contribution is -2.17. The normalized spacial score (nSPS) is 11.1. The monoisotopic (exact) mass is 292 g/mol. The number of benzene rings is 1. The number of nitrogens with one attached hydrogen (secondary N) is 1. The van der Waals surface area contributed by atoms with Gasteiger partial charge in [0.2, 0.25) is 0 Å². The molecule has 0 bridgehead atoms. The number of rotatable bonds is 8. The Kier molecular flexibility index (Phi) is 5.16. The second-order valence-electron chi connectivity index (χ2n) is 4.94. The van der Waals surface area contributed by atoms with Crippen LogP contribution >= 0.6 is 0 Å². The minimum atomic E-state index is -1.00. The van der Waals surface area contributed by atoms with Crippen LogP contribution in [0.5, 0.6) is 0 Å². The molecule has 0 spiro atoms. The predicted octanol–water partition coefficient (Wildman–Crippen LogP) is 2.23. The molecular formula is C15H20N2O4. The molecule has 0 saturated heterocycles. The van der Waals surface area contributed by atoms with Crippen LogP contribution in [0, 0.1) is 0 Å². The van der Waals surface area contributed by atoms with Crippen molar-refractivity contribution >= 4 is 17.0 Å². The van der Waals surface area contributed by atoms with Gasteiger partial charge in [-0.05, 0) is 31.0 Å². The van der Waals surface area contributed by atoms with E-state index in [0.29, 0.717) is 30.6 Å². The summed E-state index contributed by atoms with van der Waals surface area (Å²) in [5.41, 5.74) is 1.22. The second kappa shape index (κ2) is 7.08. The highest BCUT2D eigenvalue weighted by Gasteiger charge is 2.10. The van der Waals surface area contributed by atoms with Crippen molar-refractivity contribution in [2.75, 3.05) is 13.2 Å². The van der Waals surface area contributed by atoms with E-state index in [1.165, 1.54) is 12.1 Å². The summed E-state index contributed by atoms with van der Waals surface area (Å²) in [5.74, 6) is -1.00. The number of hydrogen-bond acceptors (Lipinski definition) is 3. The van der Waals surface area contributed by atoms with Gasteiger partial charge in [-0.1, -0.05) is 13.3 Å². The molecule has 0 saturated carbocycles. The van der Waals surface area contributed by atoms with Crippen LogP contribution in [0.2, 0.25) is 0 Å². The van der Waals surface area contributed by atoms with Crippen LogP contribution in [0.1, 0.15) is 36.5 Å². The highest BCUT2D eigenvalue weighted by atomic mass is 16.5. The number of aryl methyl sites for hydroxylation is 1. The van der Waals surface area contributed by atoms with Gasteiger partial charge < -0.3 is 14.8 Å². The first-order valence-corrected chi connectivity index (χ1v) is 7.17. The summed E-state index contributed by atoms with van der Waals surface area (Å²) >= 11 is 0. The molecule has 1 aromatic carbocycles. The Morgan fingerprint density at radius 2 is 2.10 bits per heavy atom. The lowest BCUT2D eigenvalue weighted by atomic mass is 10.2. The number of carboxylic acid groups (broad SMARTS) is 1. The van der Waals surface area contributed by atoms with Crippen LogP contribution < -0.4 is 5.69 Å². The average molecular weight is 292 g/mol. The number of imidazole rings is 1. The third-order valence-electron chi connectivity index (χ3n) is 3.33. The zero-order valence-corrected chi connectivity index (χ0v) is 12.1. The highest BCUT2D eigenvalue weighted by molar-refractivity contribution is 5.92. The Bertz CT molecular complexity index is 672. The molecule has 6 nitrogen and oxygen atoms in total. The smallest absolute Gasteiger partial charge is 0.335 e. The van der Waals surface area contributed by atoms with E-state index in [1.54, 1.807) is 10.6 Å². The van der Waals surface area contributed by atoms with E-state index in [9.17, 15) is 9.59 Å². The molecule has 2 rings (SSSR count). The standard InChI is InChI=1S/C15H20N2O4/c1-2-3-8-21-9-4-7-17-13-10-11(14(18)19)5-6-12(13)16-15(17)20/h5-6,10H,2-4,7-9H2,1H3,(H,16,20)(H,18,19). The first kappa shape index (κ1) is 15.3. The van der Waals surface area contributed by atoms with Crippen molar-refractivity contribution in [2.45, 2.75) is 32.7 Å². The van der Waals surface area contributed by atoms with Crippen molar-refractivity contribution in [3.8, 4) is 0 Å². The zero-order chi connectivity index (χ0) is 15.2. The lowest BCUT2D eigenvalue weighted by molar-refractivity contribution is 0.0697. The molecule has 114 valence electrons. The molecule has 0 aliphatic heterocycles. The molecule has 0 atom stereocenters. The summed E-state index contributed by atoms with van der Waals surface area (Å²) in [7, 11) is 0. The van der Waals surface area contributed by atoms with Crippen LogP contribution in [0.15, 0.2) is 23.0 Å². The summed E-state index contributed by atoms with van der Waals surface area (Å²) in [6.07, 6.45) is 2.85. The maximum Gasteiger partial charge on any atom is 0.335 e. The van der Waals surface area contributed by atoms with Crippen molar-refractivity contribution in [1.29, 1.82) is 0 Å². The molecule has 1 heterocycles. The van der Waals surface area contributed by atoms with Gasteiger partial charge in [-0.15, -0.1) is 0 Å². The van der Waals surface area contributed by atoms with Gasteiger partial charge in [-0.2, -0.15) is 0 Å². The number of aromatic nitrogens is 2. The van der Waals surface area contributed by atoms with Gasteiger partial charge >= 0.3 is 11.7 Å². The van der Waals surface area contributed by atoms with E-state index in [2.05, 4.69) is 11.9 Å². The largest absolute Gasteiger partial charge is 0.478 e. The second-order valence-corrected chi connectivity index (χ2v) is 4.94. The molecule has 2 aromatic rings. The fraction of sp³-hybridized carbons (Fsp3) is 0.467. The highest BCUT2D eigenvalue weighted by Crippen LogP contribution is 2.13. The predicted molar refractivity (Wildman–Crippen MR) is 79.9 cm³/mol. The lowest BCUT2D eigenvalue weighted by Gasteiger charge is -2.05. The topological polar surface area (TPSA) is 84.3 Å². The minimum absolute atomic E-state index is 0.175. The van der Waals surface area contributed by atoms with Gasteiger partial charge in [0.15, 0.2) is 0 Å². The number of hydrogen-bond donors (Lipinski definition) is 2. The quantitative estimate of drug-likeness (QED) is 0.731. The molecule has 0 unspecified atom stereocenters. The van der Waals surface area contributed by atoms with E-state index in [0.717, 1.165) is 19.4 Å². The van der Waals surface area contributed by atoms with Crippen LogP contribution in [0.25, 0.3) is 11.0 Å². The van der Waals surface area contributed by atoms with Crippen molar-refractivity contribution in [3.63, 3.8) is 0 Å². The first-order chi connectivity index (χ1) is 10.1. The SMILES string of the molecule is CCCCOCCCn1c(=O)[nH]c2ccc(C(=O)O)cc21. The number of H-pyrrole nitrogens is 1. The number of fused-ring (bicyclic) bond motifs is 1. The van der Waals surface area contributed by atoms with Gasteiger partial charge in [0.05, 0.1) is 16.6 Å². The fourth-order valence-electron chi connectivity index (χ4n) is 2.18. The van der Waals surface area contributed by atoms with Crippen molar-refractivity contribution in [3.05, 3.63) is 34.2 Å². The van der Waals surface area contributed by atoms with E-state index in [4.69, 9.17) is 9.84 Å². The average Bonchev–Trinajstić information content (AvgIpc) is 2.77. The van der Waals surface area contributed by atoms with E-state index in [-0.39, 0.29) is 11.3 Å². The summed E-state index contributed by atoms with van der Waals surface area (Å²) in [6.45, 7) is 3.95. The Morgan fingerprint density at radius 3 is 2.81 bits per heavy atom. The molecule has 6 heteroatoms.